The number of hydrogen-bond donors (Lipinski definition) is 1. The summed E-state index contributed by atoms with van der Waals surface area (Å²) in [5.74, 6) is 2.23. The Morgan fingerprint density at radius 3 is 2.54 bits per heavy atom. The van der Waals surface area contributed by atoms with E-state index in [1.165, 1.54) is 12.8 Å². The number of aromatic nitrogens is 2. The van der Waals surface area contributed by atoms with Crippen LogP contribution in [0.25, 0.3) is 0 Å². The molecule has 1 aliphatic carbocycles. The molecule has 1 amide bonds. The number of ether oxygens (including phenoxy) is 1. The molecule has 7 nitrogen and oxygen atoms in total. The zero-order chi connectivity index (χ0) is 19.6. The molecule has 2 aliphatic heterocycles. The number of nitrogens with zero attached hydrogens (tertiary/aromatic N) is 4. The maximum atomic E-state index is 12.9. The number of carbonyl (C=O) groups excluding carboxylic acids is 1. The summed E-state index contributed by atoms with van der Waals surface area (Å²) in [7, 11) is 0. The minimum Gasteiger partial charge on any atom is -0.486 e. The minimum absolute atomic E-state index is 0.0847. The molecule has 0 aromatic carbocycles. The molecule has 0 atom stereocenters. The minimum atomic E-state index is -0.175. The van der Waals surface area contributed by atoms with Crippen molar-refractivity contribution in [3.05, 3.63) is 24.3 Å². The molecular formula is C20H28FN5O2. The van der Waals surface area contributed by atoms with E-state index in [1.807, 2.05) is 0 Å². The summed E-state index contributed by atoms with van der Waals surface area (Å²) in [6.07, 6.45) is 8.90. The second kappa shape index (κ2) is 8.03. The maximum absolute atomic E-state index is 12.9. The van der Waals surface area contributed by atoms with Crippen LogP contribution < -0.4 is 15.4 Å². The Balaban J connectivity index is 1.30. The van der Waals surface area contributed by atoms with Crippen LogP contribution in [0.5, 0.6) is 5.75 Å². The Bertz CT molecular complexity index is 727. The van der Waals surface area contributed by atoms with Crippen molar-refractivity contribution in [3.63, 3.8) is 0 Å². The number of likely N-dealkylation sites (tertiary alicyclic amines) is 1. The van der Waals surface area contributed by atoms with Crippen molar-refractivity contribution in [1.29, 1.82) is 0 Å². The fraction of sp³-hybridized carbons (Fsp3) is 0.650. The summed E-state index contributed by atoms with van der Waals surface area (Å²) >= 11 is 0. The maximum Gasteiger partial charge on any atom is 0.229 e. The number of nitrogens with two attached hydrogens (primary N) is 1. The summed E-state index contributed by atoms with van der Waals surface area (Å²) in [5, 5.41) is 0. The molecule has 28 heavy (non-hydrogen) atoms. The van der Waals surface area contributed by atoms with E-state index in [0.29, 0.717) is 29.5 Å². The fourth-order valence-corrected chi connectivity index (χ4v) is 4.14. The highest BCUT2D eigenvalue weighted by Gasteiger charge is 2.49. The van der Waals surface area contributed by atoms with Gasteiger partial charge in [-0.3, -0.25) is 4.79 Å². The lowest BCUT2D eigenvalue weighted by Gasteiger charge is -2.38. The van der Waals surface area contributed by atoms with Crippen molar-refractivity contribution in [2.24, 2.45) is 17.1 Å². The predicted molar refractivity (Wildman–Crippen MR) is 104 cm³/mol. The first-order valence-corrected chi connectivity index (χ1v) is 10.1. The van der Waals surface area contributed by atoms with Gasteiger partial charge in [-0.1, -0.05) is 0 Å². The molecule has 1 saturated carbocycles. The topological polar surface area (TPSA) is 84.6 Å². The molecule has 1 aromatic heterocycles. The van der Waals surface area contributed by atoms with Gasteiger partial charge in [0.1, 0.15) is 6.61 Å². The van der Waals surface area contributed by atoms with E-state index in [1.54, 1.807) is 12.4 Å². The average Bonchev–Trinajstić information content (AvgIpc) is 3.51. The third-order valence-electron chi connectivity index (χ3n) is 6.24. The highest BCUT2D eigenvalue weighted by Crippen LogP contribution is 2.43. The number of rotatable bonds is 7. The van der Waals surface area contributed by atoms with Crippen LogP contribution >= 0.6 is 0 Å². The van der Waals surface area contributed by atoms with E-state index in [-0.39, 0.29) is 18.6 Å². The van der Waals surface area contributed by atoms with Crippen molar-refractivity contribution in [2.45, 2.75) is 32.1 Å². The van der Waals surface area contributed by atoms with E-state index in [0.717, 1.165) is 51.4 Å². The monoisotopic (exact) mass is 389 g/mol. The van der Waals surface area contributed by atoms with Crippen LogP contribution in [0.2, 0.25) is 0 Å². The summed E-state index contributed by atoms with van der Waals surface area (Å²) in [5.41, 5.74) is 5.61. The Kier molecular flexibility index (Phi) is 5.48. The zero-order valence-electron chi connectivity index (χ0n) is 16.1. The molecule has 8 heteroatoms. The Morgan fingerprint density at radius 2 is 1.93 bits per heavy atom. The Hall–Kier alpha value is -2.22. The largest absolute Gasteiger partial charge is 0.486 e. The molecule has 0 radical (unpaired) electrons. The number of anilines is 1. The molecule has 3 fully saturated rings. The molecule has 3 heterocycles. The Labute approximate surface area is 164 Å². The lowest BCUT2D eigenvalue weighted by molar-refractivity contribution is -0.137. The number of hydrogen-bond acceptors (Lipinski definition) is 6. The van der Waals surface area contributed by atoms with Crippen LogP contribution in [0.15, 0.2) is 24.3 Å². The standard InChI is InChI=1S/C20H28FN5O2/c21-9-16(10-22)14-28-17-11-23-19(24-12-17)25-6-3-20(4-7-25)5-8-26(18(20)27)13-15-1-2-15/h9,11-12,15H,1-8,10,13-14,22H2/b16-9+. The van der Waals surface area contributed by atoms with Crippen molar-refractivity contribution in [2.75, 3.05) is 44.2 Å². The molecule has 2 saturated heterocycles. The first-order valence-electron chi connectivity index (χ1n) is 10.1. The van der Waals surface area contributed by atoms with Gasteiger partial charge in [-0.15, -0.1) is 0 Å². The fourth-order valence-electron chi connectivity index (χ4n) is 4.14. The average molecular weight is 389 g/mol. The molecule has 2 N–H and O–H groups in total. The first-order chi connectivity index (χ1) is 13.6. The van der Waals surface area contributed by atoms with Gasteiger partial charge in [-0.2, -0.15) is 0 Å². The van der Waals surface area contributed by atoms with E-state index in [2.05, 4.69) is 19.8 Å². The van der Waals surface area contributed by atoms with Crippen LogP contribution in [0.4, 0.5) is 10.3 Å². The van der Waals surface area contributed by atoms with Crippen LogP contribution in [0.1, 0.15) is 32.1 Å². The van der Waals surface area contributed by atoms with E-state index in [9.17, 15) is 9.18 Å². The van der Waals surface area contributed by atoms with Crippen LogP contribution in [0.3, 0.4) is 0 Å². The summed E-state index contributed by atoms with van der Waals surface area (Å²) < 4.78 is 18.0. The lowest BCUT2D eigenvalue weighted by Crippen LogP contribution is -2.45. The Morgan fingerprint density at radius 1 is 1.25 bits per heavy atom. The number of carbonyl (C=O) groups is 1. The van der Waals surface area contributed by atoms with Gasteiger partial charge < -0.3 is 20.3 Å². The molecule has 3 aliphatic rings. The van der Waals surface area contributed by atoms with Gasteiger partial charge in [-0.25, -0.2) is 14.4 Å². The van der Waals surface area contributed by atoms with Gasteiger partial charge >= 0.3 is 0 Å². The van der Waals surface area contributed by atoms with Gasteiger partial charge in [0.05, 0.1) is 24.1 Å². The summed E-state index contributed by atoms with van der Waals surface area (Å²) in [6.45, 7) is 3.63. The van der Waals surface area contributed by atoms with Crippen molar-refractivity contribution in [3.8, 4) is 5.75 Å². The highest BCUT2D eigenvalue weighted by molar-refractivity contribution is 5.85. The second-order valence-corrected chi connectivity index (χ2v) is 8.19. The summed E-state index contributed by atoms with van der Waals surface area (Å²) in [4.78, 5) is 25.9. The van der Waals surface area contributed by atoms with Crippen LogP contribution in [0, 0.1) is 11.3 Å². The predicted octanol–water partition coefficient (Wildman–Crippen LogP) is 1.90. The normalized spacial score (nSPS) is 22.2. The molecule has 152 valence electrons. The second-order valence-electron chi connectivity index (χ2n) is 8.19. The SMILES string of the molecule is NC/C(=C\F)COc1cnc(N2CCC3(CCN(CC4CC4)C3=O)CC2)nc1. The lowest BCUT2D eigenvalue weighted by atomic mass is 9.77. The highest BCUT2D eigenvalue weighted by atomic mass is 19.1. The molecule has 1 spiro atoms. The van der Waals surface area contributed by atoms with Gasteiger partial charge in [-0.05, 0) is 38.0 Å². The van der Waals surface area contributed by atoms with Crippen molar-refractivity contribution in [1.82, 2.24) is 14.9 Å². The van der Waals surface area contributed by atoms with Gasteiger partial charge in [0.25, 0.3) is 0 Å². The summed E-state index contributed by atoms with van der Waals surface area (Å²) in [6, 6.07) is 0. The van der Waals surface area contributed by atoms with Gasteiger partial charge in [0.15, 0.2) is 5.75 Å². The number of halogens is 1. The molecule has 1 aromatic rings. The van der Waals surface area contributed by atoms with Gasteiger partial charge in [0.2, 0.25) is 11.9 Å². The number of piperidine rings is 1. The van der Waals surface area contributed by atoms with Crippen LogP contribution in [-0.4, -0.2) is 60.1 Å². The number of amides is 1. The smallest absolute Gasteiger partial charge is 0.229 e. The molecule has 0 unspecified atom stereocenters. The van der Waals surface area contributed by atoms with Gasteiger partial charge in [0, 0.05) is 38.3 Å². The first kappa shape index (κ1) is 19.1. The quantitative estimate of drug-likeness (QED) is 0.767. The zero-order valence-corrected chi connectivity index (χ0v) is 16.1. The third kappa shape index (κ3) is 3.97. The van der Waals surface area contributed by atoms with Crippen LogP contribution in [-0.2, 0) is 4.79 Å². The molecule has 4 rings (SSSR count). The molecule has 0 bridgehead atoms. The van der Waals surface area contributed by atoms with Crippen molar-refractivity contribution >= 4 is 11.9 Å². The van der Waals surface area contributed by atoms with E-state index < -0.39 is 0 Å². The molecular weight excluding hydrogens is 361 g/mol. The van der Waals surface area contributed by atoms with Crippen molar-refractivity contribution < 1.29 is 13.9 Å². The third-order valence-corrected chi connectivity index (χ3v) is 6.24. The van der Waals surface area contributed by atoms with E-state index in [4.69, 9.17) is 10.5 Å². The van der Waals surface area contributed by atoms with E-state index >= 15 is 0 Å².